The van der Waals surface area contributed by atoms with E-state index in [0.29, 0.717) is 0 Å². The largest absolute Gasteiger partial charge is 0.359 e. The molecule has 1 rings (SSSR count). The average Bonchev–Trinajstić information content (AvgIpc) is 2.05. The molecule has 0 spiro atoms. The maximum atomic E-state index is 4.06. The molecular weight excluding hydrogens is 126 g/mol. The van der Waals surface area contributed by atoms with Gasteiger partial charge in [-0.1, -0.05) is 0 Å². The van der Waals surface area contributed by atoms with Crippen LogP contribution in [0.4, 0.5) is 5.82 Å². The Kier molecular flexibility index (Phi) is 2.20. The average molecular weight is 136 g/mol. The van der Waals surface area contributed by atoms with Gasteiger partial charge in [-0.2, -0.15) is 0 Å². The molecule has 0 bridgehead atoms. The molecule has 0 saturated carbocycles. The molecule has 1 radical (unpaired) electrons. The van der Waals surface area contributed by atoms with Crippen LogP contribution in [0.1, 0.15) is 6.92 Å². The van der Waals surface area contributed by atoms with E-state index in [2.05, 4.69) is 23.1 Å². The topological polar surface area (TPSA) is 29.0 Å². The highest BCUT2D eigenvalue weighted by molar-refractivity contribution is 5.32. The normalized spacial score (nSPS) is 9.40. The minimum atomic E-state index is 0.890. The summed E-state index contributed by atoms with van der Waals surface area (Å²) in [4.78, 5) is 9.90. The zero-order chi connectivity index (χ0) is 7.40. The number of hydrogen-bond donors (Lipinski definition) is 0. The second-order valence-corrected chi connectivity index (χ2v) is 2.02. The van der Waals surface area contributed by atoms with Crippen molar-refractivity contribution in [3.8, 4) is 0 Å². The summed E-state index contributed by atoms with van der Waals surface area (Å²) in [6.45, 7) is 3.01. The zero-order valence-electron chi connectivity index (χ0n) is 6.20. The Morgan fingerprint density at radius 1 is 1.70 bits per heavy atom. The highest BCUT2D eigenvalue weighted by Crippen LogP contribution is 2.02. The molecule has 0 fully saturated rings. The molecule has 0 aliphatic heterocycles. The van der Waals surface area contributed by atoms with E-state index in [4.69, 9.17) is 0 Å². The van der Waals surface area contributed by atoms with Gasteiger partial charge in [0.2, 0.25) is 0 Å². The Bertz CT molecular complexity index is 185. The van der Waals surface area contributed by atoms with E-state index < -0.39 is 0 Å². The van der Waals surface area contributed by atoms with Crippen molar-refractivity contribution in [2.24, 2.45) is 0 Å². The van der Waals surface area contributed by atoms with E-state index in [0.717, 1.165) is 12.4 Å². The summed E-state index contributed by atoms with van der Waals surface area (Å²) >= 11 is 0. The number of rotatable bonds is 2. The molecule has 1 heterocycles. The van der Waals surface area contributed by atoms with Gasteiger partial charge in [-0.15, -0.1) is 0 Å². The summed E-state index contributed by atoms with van der Waals surface area (Å²) in [5.74, 6) is 0.890. The smallest absolute Gasteiger partial charge is 0.146 e. The van der Waals surface area contributed by atoms with E-state index in [1.165, 1.54) is 0 Å². The number of anilines is 1. The number of aromatic nitrogens is 2. The predicted molar refractivity (Wildman–Crippen MR) is 39.8 cm³/mol. The summed E-state index contributed by atoms with van der Waals surface area (Å²) in [7, 11) is 1.98. The lowest BCUT2D eigenvalue weighted by molar-refractivity contribution is 0.927. The Labute approximate surface area is 60.7 Å². The van der Waals surface area contributed by atoms with Gasteiger partial charge >= 0.3 is 0 Å². The van der Waals surface area contributed by atoms with Crippen LogP contribution in [-0.4, -0.2) is 23.6 Å². The van der Waals surface area contributed by atoms with Gasteiger partial charge in [-0.25, -0.2) is 9.97 Å². The maximum Gasteiger partial charge on any atom is 0.146 e. The van der Waals surface area contributed by atoms with Gasteiger partial charge in [0.05, 0.1) is 12.4 Å². The van der Waals surface area contributed by atoms with Gasteiger partial charge in [-0.3, -0.25) is 0 Å². The first kappa shape index (κ1) is 6.99. The molecule has 10 heavy (non-hydrogen) atoms. The highest BCUT2D eigenvalue weighted by Gasteiger charge is 1.95. The third-order valence-corrected chi connectivity index (χ3v) is 1.37. The fraction of sp³-hybridized carbons (Fsp3) is 0.429. The van der Waals surface area contributed by atoms with Crippen LogP contribution in [-0.2, 0) is 0 Å². The quantitative estimate of drug-likeness (QED) is 0.600. The van der Waals surface area contributed by atoms with Crippen molar-refractivity contribution in [2.45, 2.75) is 6.92 Å². The van der Waals surface area contributed by atoms with Crippen LogP contribution in [0.15, 0.2) is 12.4 Å². The zero-order valence-corrected chi connectivity index (χ0v) is 6.20. The van der Waals surface area contributed by atoms with Crippen LogP contribution in [0, 0.1) is 6.20 Å². The van der Waals surface area contributed by atoms with Crippen molar-refractivity contribution < 1.29 is 0 Å². The molecule has 0 unspecified atom stereocenters. The molecule has 0 saturated heterocycles. The summed E-state index contributed by atoms with van der Waals surface area (Å²) in [6, 6.07) is 0. The SMILES string of the molecule is CCN(C)c1cn[c]cn1. The third-order valence-electron chi connectivity index (χ3n) is 1.37. The van der Waals surface area contributed by atoms with E-state index in [9.17, 15) is 0 Å². The summed E-state index contributed by atoms with van der Waals surface area (Å²) < 4.78 is 0. The minimum Gasteiger partial charge on any atom is -0.359 e. The molecule has 1 aromatic rings. The molecule has 3 heteroatoms. The lowest BCUT2D eigenvalue weighted by Gasteiger charge is -2.13. The van der Waals surface area contributed by atoms with E-state index in [1.807, 2.05) is 11.9 Å². The Balaban J connectivity index is 2.75. The second kappa shape index (κ2) is 3.15. The van der Waals surface area contributed by atoms with Gasteiger partial charge in [0.25, 0.3) is 0 Å². The second-order valence-electron chi connectivity index (χ2n) is 2.02. The summed E-state index contributed by atoms with van der Waals surface area (Å²) in [5, 5.41) is 0. The van der Waals surface area contributed by atoms with E-state index in [-0.39, 0.29) is 0 Å². The van der Waals surface area contributed by atoms with Crippen LogP contribution in [0.25, 0.3) is 0 Å². The van der Waals surface area contributed by atoms with Gasteiger partial charge in [0.15, 0.2) is 0 Å². The summed E-state index contributed by atoms with van der Waals surface area (Å²) in [5.41, 5.74) is 0. The van der Waals surface area contributed by atoms with Crippen molar-refractivity contribution in [1.29, 1.82) is 0 Å². The molecule has 3 nitrogen and oxygen atoms in total. The molecule has 0 aliphatic carbocycles. The van der Waals surface area contributed by atoms with Crippen LogP contribution in [0.2, 0.25) is 0 Å². The fourth-order valence-corrected chi connectivity index (χ4v) is 0.616. The Hall–Kier alpha value is -1.12. The van der Waals surface area contributed by atoms with Gasteiger partial charge in [0, 0.05) is 13.6 Å². The molecule has 0 atom stereocenters. The Morgan fingerprint density at radius 3 is 3.00 bits per heavy atom. The third kappa shape index (κ3) is 1.43. The van der Waals surface area contributed by atoms with Crippen LogP contribution in [0.5, 0.6) is 0 Å². The molecule has 0 amide bonds. The standard InChI is InChI=1S/C7H10N3/c1-3-10(2)7-6-8-4-5-9-7/h5-6H,3H2,1-2H3. The number of nitrogens with zero attached hydrogens (tertiary/aromatic N) is 3. The summed E-state index contributed by atoms with van der Waals surface area (Å²) in [6.07, 6.45) is 5.89. The molecule has 0 aromatic carbocycles. The minimum absolute atomic E-state index is 0.890. The first-order valence-electron chi connectivity index (χ1n) is 3.24. The number of hydrogen-bond acceptors (Lipinski definition) is 3. The van der Waals surface area contributed by atoms with Gasteiger partial charge < -0.3 is 4.90 Å². The first-order chi connectivity index (χ1) is 4.84. The van der Waals surface area contributed by atoms with Gasteiger partial charge in [0.1, 0.15) is 12.0 Å². The predicted octanol–water partition coefficient (Wildman–Crippen LogP) is 0.733. The fourth-order valence-electron chi connectivity index (χ4n) is 0.616. The molecule has 1 aromatic heterocycles. The van der Waals surface area contributed by atoms with Crippen molar-refractivity contribution in [3.05, 3.63) is 18.6 Å². The lowest BCUT2D eigenvalue weighted by Crippen LogP contribution is -2.16. The monoisotopic (exact) mass is 136 g/mol. The maximum absolute atomic E-state index is 4.06. The van der Waals surface area contributed by atoms with Crippen molar-refractivity contribution in [3.63, 3.8) is 0 Å². The molecular formula is C7H10N3. The molecule has 0 aliphatic rings. The Morgan fingerprint density at radius 2 is 2.50 bits per heavy atom. The van der Waals surface area contributed by atoms with E-state index in [1.54, 1.807) is 12.4 Å². The van der Waals surface area contributed by atoms with Gasteiger partial charge in [-0.05, 0) is 6.92 Å². The molecule has 53 valence electrons. The van der Waals surface area contributed by atoms with Crippen molar-refractivity contribution in [1.82, 2.24) is 9.97 Å². The van der Waals surface area contributed by atoms with Crippen molar-refractivity contribution in [2.75, 3.05) is 18.5 Å². The molecule has 0 N–H and O–H groups in total. The van der Waals surface area contributed by atoms with Crippen molar-refractivity contribution >= 4 is 5.82 Å². The lowest BCUT2D eigenvalue weighted by atomic mass is 10.5. The van der Waals surface area contributed by atoms with E-state index >= 15 is 0 Å². The van der Waals surface area contributed by atoms with Crippen LogP contribution < -0.4 is 4.90 Å². The van der Waals surface area contributed by atoms with Crippen LogP contribution in [0.3, 0.4) is 0 Å². The van der Waals surface area contributed by atoms with Crippen LogP contribution >= 0.6 is 0 Å². The highest BCUT2D eigenvalue weighted by atomic mass is 15.2. The first-order valence-corrected chi connectivity index (χ1v) is 3.24.